The lowest BCUT2D eigenvalue weighted by Gasteiger charge is -2.21. The van der Waals surface area contributed by atoms with Crippen LogP contribution in [0.1, 0.15) is 277 Å². The summed E-state index contributed by atoms with van der Waals surface area (Å²) in [5.41, 5.74) is 0. The number of aliphatic hydroxyl groups excluding tert-OH is 3. The van der Waals surface area contributed by atoms with Gasteiger partial charge in [0.25, 0.3) is 0 Å². The lowest BCUT2D eigenvalue weighted by atomic mass is 10.0. The minimum absolute atomic E-state index is 0.00557. The number of nitrogens with one attached hydrogen (secondary N) is 1. The summed E-state index contributed by atoms with van der Waals surface area (Å²) in [4.78, 5) is 12.4. The van der Waals surface area contributed by atoms with Crippen LogP contribution < -0.4 is 5.32 Å². The van der Waals surface area contributed by atoms with Crippen molar-refractivity contribution in [3.8, 4) is 0 Å². The molecule has 358 valence electrons. The standard InChI is InChI=1S/C56H105NO4/c1-3-5-7-9-11-13-15-16-17-18-19-20-21-22-23-24-25-26-27-28-29-30-31-32-33-34-35-36-37-38-40-41-43-45-47-49-53(59)51-56(61)57-54(52-58)55(60)50-48-46-44-42-39-14-12-10-8-6-4-2/h23-24,26-27,39,42,48,50,53-55,58-60H,3-22,25,28-38,40-41,43-47,49,51-52H2,1-2H3,(H,57,61)/b24-23-,27-26-,42-39+,50-48+. The van der Waals surface area contributed by atoms with Crippen molar-refractivity contribution in [2.45, 2.75) is 295 Å². The van der Waals surface area contributed by atoms with E-state index in [1.807, 2.05) is 6.08 Å². The van der Waals surface area contributed by atoms with E-state index in [2.05, 4.69) is 55.6 Å². The van der Waals surface area contributed by atoms with Crippen LogP contribution in [-0.4, -0.2) is 46.1 Å². The van der Waals surface area contributed by atoms with E-state index < -0.39 is 18.2 Å². The van der Waals surface area contributed by atoms with E-state index in [0.29, 0.717) is 6.42 Å². The van der Waals surface area contributed by atoms with Gasteiger partial charge in [-0.3, -0.25) is 4.79 Å². The molecule has 0 heterocycles. The van der Waals surface area contributed by atoms with Gasteiger partial charge in [0.15, 0.2) is 0 Å². The fourth-order valence-electron chi connectivity index (χ4n) is 8.21. The molecule has 1 amide bonds. The highest BCUT2D eigenvalue weighted by Crippen LogP contribution is 2.16. The predicted octanol–water partition coefficient (Wildman–Crippen LogP) is 16.4. The van der Waals surface area contributed by atoms with Crippen molar-refractivity contribution in [2.75, 3.05) is 6.61 Å². The molecule has 0 fully saturated rings. The summed E-state index contributed by atoms with van der Waals surface area (Å²) in [5, 5.41) is 33.2. The molecule has 0 aromatic rings. The highest BCUT2D eigenvalue weighted by Gasteiger charge is 2.20. The van der Waals surface area contributed by atoms with Gasteiger partial charge in [0.05, 0.1) is 31.3 Å². The third kappa shape index (κ3) is 47.6. The van der Waals surface area contributed by atoms with Gasteiger partial charge in [-0.2, -0.15) is 0 Å². The molecule has 0 radical (unpaired) electrons. The number of carbonyl (C=O) groups excluding carboxylic acids is 1. The van der Waals surface area contributed by atoms with Crippen LogP contribution >= 0.6 is 0 Å². The van der Waals surface area contributed by atoms with Gasteiger partial charge in [0.1, 0.15) is 0 Å². The second-order valence-corrected chi connectivity index (χ2v) is 18.5. The molecule has 0 aromatic carbocycles. The summed E-state index contributed by atoms with van der Waals surface area (Å²) >= 11 is 0. The second-order valence-electron chi connectivity index (χ2n) is 18.5. The van der Waals surface area contributed by atoms with Crippen LogP contribution in [0.2, 0.25) is 0 Å². The molecule has 5 nitrogen and oxygen atoms in total. The number of allylic oxidation sites excluding steroid dienone is 7. The zero-order valence-corrected chi connectivity index (χ0v) is 40.8. The minimum atomic E-state index is -0.951. The van der Waals surface area contributed by atoms with Crippen LogP contribution in [0.15, 0.2) is 48.6 Å². The maximum Gasteiger partial charge on any atom is 0.222 e. The van der Waals surface area contributed by atoms with E-state index in [-0.39, 0.29) is 18.9 Å². The van der Waals surface area contributed by atoms with Gasteiger partial charge in [-0.05, 0) is 64.2 Å². The first-order valence-corrected chi connectivity index (χ1v) is 26.9. The summed E-state index contributed by atoms with van der Waals surface area (Å²) in [6, 6.07) is -0.760. The molecule has 0 aliphatic carbocycles. The summed E-state index contributed by atoms with van der Waals surface area (Å²) in [5.74, 6) is -0.326. The van der Waals surface area contributed by atoms with Crippen molar-refractivity contribution in [1.29, 1.82) is 0 Å². The van der Waals surface area contributed by atoms with Crippen LogP contribution in [0.3, 0.4) is 0 Å². The van der Waals surface area contributed by atoms with Gasteiger partial charge in [0, 0.05) is 0 Å². The zero-order valence-electron chi connectivity index (χ0n) is 40.8. The minimum Gasteiger partial charge on any atom is -0.394 e. The molecule has 0 bridgehead atoms. The fourth-order valence-corrected chi connectivity index (χ4v) is 8.21. The third-order valence-electron chi connectivity index (χ3n) is 12.3. The number of amides is 1. The maximum atomic E-state index is 12.4. The molecule has 61 heavy (non-hydrogen) atoms. The topological polar surface area (TPSA) is 89.8 Å². The summed E-state index contributed by atoms with van der Waals surface area (Å²) in [6.45, 7) is 4.19. The maximum absolute atomic E-state index is 12.4. The van der Waals surface area contributed by atoms with Crippen molar-refractivity contribution in [2.24, 2.45) is 0 Å². The van der Waals surface area contributed by atoms with E-state index in [4.69, 9.17) is 0 Å². The lowest BCUT2D eigenvalue weighted by Crippen LogP contribution is -2.45. The molecule has 3 unspecified atom stereocenters. The van der Waals surface area contributed by atoms with Gasteiger partial charge < -0.3 is 20.6 Å². The number of hydrogen-bond acceptors (Lipinski definition) is 4. The Balaban J connectivity index is 3.50. The van der Waals surface area contributed by atoms with Crippen LogP contribution in [0.25, 0.3) is 0 Å². The first-order chi connectivity index (χ1) is 30.0. The quantitative estimate of drug-likeness (QED) is 0.0362. The molecule has 5 heteroatoms. The Labute approximate surface area is 380 Å². The first-order valence-electron chi connectivity index (χ1n) is 26.9. The second kappa shape index (κ2) is 50.9. The molecule has 0 saturated heterocycles. The first kappa shape index (κ1) is 59.3. The Kier molecular flexibility index (Phi) is 49.5. The van der Waals surface area contributed by atoms with Gasteiger partial charge in [-0.15, -0.1) is 0 Å². The van der Waals surface area contributed by atoms with Gasteiger partial charge in [-0.25, -0.2) is 0 Å². The lowest BCUT2D eigenvalue weighted by molar-refractivity contribution is -0.124. The summed E-state index contributed by atoms with van der Waals surface area (Å²) in [6.07, 6.45) is 67.4. The van der Waals surface area contributed by atoms with Crippen molar-refractivity contribution in [3.05, 3.63) is 48.6 Å². The highest BCUT2D eigenvalue weighted by molar-refractivity contribution is 5.76. The summed E-state index contributed by atoms with van der Waals surface area (Å²) in [7, 11) is 0. The normalized spacial score (nSPS) is 13.7. The molecule has 4 N–H and O–H groups in total. The number of hydrogen-bond donors (Lipinski definition) is 4. The highest BCUT2D eigenvalue weighted by atomic mass is 16.3. The Bertz CT molecular complexity index is 989. The van der Waals surface area contributed by atoms with Crippen LogP contribution in [0, 0.1) is 0 Å². The van der Waals surface area contributed by atoms with Crippen LogP contribution in [0.4, 0.5) is 0 Å². The van der Waals surface area contributed by atoms with Gasteiger partial charge >= 0.3 is 0 Å². The zero-order chi connectivity index (χ0) is 44.4. The monoisotopic (exact) mass is 856 g/mol. The van der Waals surface area contributed by atoms with Crippen molar-refractivity contribution in [1.82, 2.24) is 5.32 Å². The molecule has 0 spiro atoms. The van der Waals surface area contributed by atoms with Crippen molar-refractivity contribution in [3.63, 3.8) is 0 Å². The molecule has 0 aliphatic rings. The largest absolute Gasteiger partial charge is 0.394 e. The van der Waals surface area contributed by atoms with Crippen LogP contribution in [-0.2, 0) is 4.79 Å². The predicted molar refractivity (Wildman–Crippen MR) is 268 cm³/mol. The Morgan fingerprint density at radius 3 is 1.15 bits per heavy atom. The number of carbonyl (C=O) groups is 1. The summed E-state index contributed by atoms with van der Waals surface area (Å²) < 4.78 is 0. The van der Waals surface area contributed by atoms with Crippen LogP contribution in [0.5, 0.6) is 0 Å². The number of rotatable bonds is 49. The van der Waals surface area contributed by atoms with E-state index in [9.17, 15) is 20.1 Å². The Hall–Kier alpha value is -1.69. The molecule has 3 atom stereocenters. The van der Waals surface area contributed by atoms with E-state index in [1.54, 1.807) is 6.08 Å². The molecular formula is C56H105NO4. The van der Waals surface area contributed by atoms with E-state index >= 15 is 0 Å². The number of unbranched alkanes of at least 4 members (excludes halogenated alkanes) is 34. The molecule has 0 saturated carbocycles. The SMILES string of the molecule is CCCCCCC/C=C/CC/C=C/C(O)C(CO)NC(=O)CC(O)CCCCCCCCCCCCCCCCC/C=C\C/C=C\CCCCCCCCCCCCCCC. The molecule has 0 aromatic heterocycles. The Morgan fingerprint density at radius 2 is 0.754 bits per heavy atom. The van der Waals surface area contributed by atoms with E-state index in [1.165, 1.54) is 212 Å². The fraction of sp³-hybridized carbons (Fsp3) is 0.839. The Morgan fingerprint density at radius 1 is 0.426 bits per heavy atom. The molecule has 0 rings (SSSR count). The molecule has 0 aliphatic heterocycles. The average Bonchev–Trinajstić information content (AvgIpc) is 3.25. The smallest absolute Gasteiger partial charge is 0.222 e. The number of aliphatic hydroxyl groups is 3. The molecular weight excluding hydrogens is 751 g/mol. The van der Waals surface area contributed by atoms with Crippen molar-refractivity contribution < 1.29 is 20.1 Å². The van der Waals surface area contributed by atoms with Crippen molar-refractivity contribution >= 4 is 5.91 Å². The van der Waals surface area contributed by atoms with Gasteiger partial charge in [-0.1, -0.05) is 255 Å². The van der Waals surface area contributed by atoms with E-state index in [0.717, 1.165) is 38.5 Å². The average molecular weight is 856 g/mol. The van der Waals surface area contributed by atoms with Gasteiger partial charge in [0.2, 0.25) is 5.91 Å². The third-order valence-corrected chi connectivity index (χ3v) is 12.3.